The topological polar surface area (TPSA) is 52.7 Å². The third kappa shape index (κ3) is 3.12. The number of nitrogens with zero attached hydrogens (tertiary/aromatic N) is 2. The van der Waals surface area contributed by atoms with Crippen molar-refractivity contribution in [2.75, 3.05) is 39.3 Å². The van der Waals surface area contributed by atoms with Crippen molar-refractivity contribution in [3.8, 4) is 0 Å². The van der Waals surface area contributed by atoms with E-state index in [1.54, 1.807) is 4.31 Å². The fraction of sp³-hybridized carbons (Fsp3) is 0.667. The molecular formula is C18H29N3O2S. The van der Waals surface area contributed by atoms with Crippen LogP contribution in [-0.2, 0) is 10.0 Å². The van der Waals surface area contributed by atoms with Crippen molar-refractivity contribution < 1.29 is 8.42 Å². The van der Waals surface area contributed by atoms with E-state index in [4.69, 9.17) is 0 Å². The molecule has 5 nitrogen and oxygen atoms in total. The summed E-state index contributed by atoms with van der Waals surface area (Å²) in [5.41, 5.74) is 3.89. The molecule has 0 bridgehead atoms. The zero-order valence-electron chi connectivity index (χ0n) is 15.2. The molecule has 3 rings (SSSR count). The number of aryl methyl sites for hydroxylation is 2. The Hall–Kier alpha value is -0.950. The lowest BCUT2D eigenvalue weighted by atomic mass is 10.0. The van der Waals surface area contributed by atoms with Gasteiger partial charge < -0.3 is 5.32 Å². The lowest BCUT2D eigenvalue weighted by molar-refractivity contribution is 0.179. The Morgan fingerprint density at radius 1 is 1.00 bits per heavy atom. The van der Waals surface area contributed by atoms with E-state index in [9.17, 15) is 8.42 Å². The van der Waals surface area contributed by atoms with Gasteiger partial charge in [-0.3, -0.25) is 4.90 Å². The van der Waals surface area contributed by atoms with Gasteiger partial charge in [-0.05, 0) is 56.4 Å². The van der Waals surface area contributed by atoms with E-state index in [1.165, 1.54) is 0 Å². The molecule has 2 aliphatic rings. The average molecular weight is 352 g/mol. The molecule has 0 radical (unpaired) electrons. The molecule has 1 N–H and O–H groups in total. The Bertz CT molecular complexity index is 698. The van der Waals surface area contributed by atoms with Crippen LogP contribution in [0.3, 0.4) is 0 Å². The lowest BCUT2D eigenvalue weighted by Gasteiger charge is -2.32. The van der Waals surface area contributed by atoms with Crippen LogP contribution < -0.4 is 5.32 Å². The van der Waals surface area contributed by atoms with Crippen LogP contribution in [0.25, 0.3) is 0 Å². The molecule has 0 amide bonds. The number of sulfonamides is 1. The van der Waals surface area contributed by atoms with Gasteiger partial charge in [0.25, 0.3) is 0 Å². The molecular weight excluding hydrogens is 322 g/mol. The van der Waals surface area contributed by atoms with Crippen LogP contribution in [0.1, 0.15) is 28.7 Å². The fourth-order valence-corrected chi connectivity index (χ4v) is 6.04. The minimum atomic E-state index is -3.43. The van der Waals surface area contributed by atoms with Crippen LogP contribution in [0.2, 0.25) is 0 Å². The molecule has 1 aromatic rings. The number of nitrogens with one attached hydrogen (secondary N) is 1. The highest BCUT2D eigenvalue weighted by Gasteiger charge is 2.37. The number of piperazine rings is 1. The molecule has 0 saturated carbocycles. The van der Waals surface area contributed by atoms with Crippen molar-refractivity contribution in [1.29, 1.82) is 0 Å². The van der Waals surface area contributed by atoms with Crippen LogP contribution in [0.4, 0.5) is 0 Å². The second kappa shape index (κ2) is 6.75. The van der Waals surface area contributed by atoms with Gasteiger partial charge in [0.15, 0.2) is 0 Å². The smallest absolute Gasteiger partial charge is 0.243 e. The Morgan fingerprint density at radius 2 is 1.58 bits per heavy atom. The zero-order chi connectivity index (χ0) is 17.5. The molecule has 6 heteroatoms. The van der Waals surface area contributed by atoms with E-state index in [0.29, 0.717) is 24.0 Å². The summed E-state index contributed by atoms with van der Waals surface area (Å²) in [6, 6.07) is 2.44. The summed E-state index contributed by atoms with van der Waals surface area (Å²) in [4.78, 5) is 2.97. The molecule has 0 spiro atoms. The van der Waals surface area contributed by atoms with Gasteiger partial charge in [-0.15, -0.1) is 0 Å². The van der Waals surface area contributed by atoms with Crippen molar-refractivity contribution in [1.82, 2.24) is 14.5 Å². The first-order valence-corrected chi connectivity index (χ1v) is 10.3. The van der Waals surface area contributed by atoms with Gasteiger partial charge in [-0.25, -0.2) is 8.42 Å². The second-order valence-electron chi connectivity index (χ2n) is 7.18. The number of rotatable bonds is 3. The normalized spacial score (nSPS) is 23.8. The van der Waals surface area contributed by atoms with Crippen LogP contribution in [0.5, 0.6) is 0 Å². The zero-order valence-corrected chi connectivity index (χ0v) is 16.0. The Kier molecular flexibility index (Phi) is 5.02. The number of hydrogen-bond donors (Lipinski definition) is 1. The first-order valence-electron chi connectivity index (χ1n) is 8.84. The maximum atomic E-state index is 13.3. The summed E-state index contributed by atoms with van der Waals surface area (Å²) in [6.07, 6.45) is 0.933. The van der Waals surface area contributed by atoms with E-state index in [1.807, 2.05) is 27.7 Å². The maximum Gasteiger partial charge on any atom is 0.243 e. The van der Waals surface area contributed by atoms with E-state index >= 15 is 0 Å². The first kappa shape index (κ1) is 17.9. The van der Waals surface area contributed by atoms with Crippen molar-refractivity contribution in [3.05, 3.63) is 28.3 Å². The van der Waals surface area contributed by atoms with Crippen LogP contribution in [0.15, 0.2) is 11.0 Å². The summed E-state index contributed by atoms with van der Waals surface area (Å²) in [7, 11) is -3.43. The molecule has 2 aliphatic heterocycles. The second-order valence-corrected chi connectivity index (χ2v) is 9.06. The minimum Gasteiger partial charge on any atom is -0.314 e. The third-order valence-corrected chi connectivity index (χ3v) is 7.83. The number of hydrogen-bond acceptors (Lipinski definition) is 4. The van der Waals surface area contributed by atoms with Gasteiger partial charge in [0.2, 0.25) is 10.0 Å². The first-order chi connectivity index (χ1) is 11.3. The predicted molar refractivity (Wildman–Crippen MR) is 97.0 cm³/mol. The minimum absolute atomic E-state index is 0.355. The Labute approximate surface area is 146 Å². The highest BCUT2D eigenvalue weighted by molar-refractivity contribution is 7.89. The molecule has 1 unspecified atom stereocenters. The van der Waals surface area contributed by atoms with E-state index in [-0.39, 0.29) is 0 Å². The molecule has 1 atom stereocenters. The standard InChI is InChI=1S/C18H29N3O2S/c1-13-11-14(2)16(4)18(15(13)3)24(22,23)21-8-5-17(12-21)20-9-6-19-7-10-20/h11,17,19H,5-10,12H2,1-4H3. The largest absolute Gasteiger partial charge is 0.314 e. The Balaban J connectivity index is 1.87. The molecule has 0 aliphatic carbocycles. The summed E-state index contributed by atoms with van der Waals surface area (Å²) in [5.74, 6) is 0. The maximum absolute atomic E-state index is 13.3. The van der Waals surface area contributed by atoms with Gasteiger partial charge in [0, 0.05) is 45.3 Å². The van der Waals surface area contributed by atoms with Crippen LogP contribution >= 0.6 is 0 Å². The molecule has 2 fully saturated rings. The van der Waals surface area contributed by atoms with Crippen molar-refractivity contribution in [2.45, 2.75) is 45.1 Å². The van der Waals surface area contributed by atoms with Gasteiger partial charge in [0.05, 0.1) is 4.90 Å². The van der Waals surface area contributed by atoms with Crippen molar-refractivity contribution in [2.24, 2.45) is 0 Å². The fourth-order valence-electron chi connectivity index (χ4n) is 3.97. The highest BCUT2D eigenvalue weighted by atomic mass is 32.2. The predicted octanol–water partition coefficient (Wildman–Crippen LogP) is 1.59. The Morgan fingerprint density at radius 3 is 2.17 bits per heavy atom. The quantitative estimate of drug-likeness (QED) is 0.898. The van der Waals surface area contributed by atoms with E-state index in [2.05, 4.69) is 16.3 Å². The lowest BCUT2D eigenvalue weighted by Crippen LogP contribution is -2.49. The molecule has 0 aromatic heterocycles. The van der Waals surface area contributed by atoms with Gasteiger partial charge in [-0.2, -0.15) is 4.31 Å². The van der Waals surface area contributed by atoms with Crippen LogP contribution in [-0.4, -0.2) is 62.9 Å². The summed E-state index contributed by atoms with van der Waals surface area (Å²) in [5, 5.41) is 3.36. The summed E-state index contributed by atoms with van der Waals surface area (Å²) < 4.78 is 28.3. The van der Waals surface area contributed by atoms with Crippen molar-refractivity contribution >= 4 is 10.0 Å². The van der Waals surface area contributed by atoms with Crippen molar-refractivity contribution in [3.63, 3.8) is 0 Å². The third-order valence-electron chi connectivity index (χ3n) is 5.69. The highest BCUT2D eigenvalue weighted by Crippen LogP contribution is 2.31. The molecule has 134 valence electrons. The average Bonchev–Trinajstić information content (AvgIpc) is 3.05. The number of benzene rings is 1. The monoisotopic (exact) mass is 351 g/mol. The van der Waals surface area contributed by atoms with E-state index < -0.39 is 10.0 Å². The van der Waals surface area contributed by atoms with Crippen LogP contribution in [0, 0.1) is 27.7 Å². The summed E-state index contributed by atoms with van der Waals surface area (Å²) in [6.45, 7) is 13.1. The summed E-state index contributed by atoms with van der Waals surface area (Å²) >= 11 is 0. The molecule has 1 aromatic carbocycles. The SMILES string of the molecule is Cc1cc(C)c(C)c(S(=O)(=O)N2CCC(N3CCNCC3)C2)c1C. The van der Waals surface area contributed by atoms with E-state index in [0.717, 1.165) is 54.9 Å². The van der Waals surface area contributed by atoms with Gasteiger partial charge in [0.1, 0.15) is 0 Å². The van der Waals surface area contributed by atoms with Gasteiger partial charge in [-0.1, -0.05) is 6.07 Å². The molecule has 24 heavy (non-hydrogen) atoms. The molecule has 2 heterocycles. The van der Waals surface area contributed by atoms with Gasteiger partial charge >= 0.3 is 0 Å². The molecule has 2 saturated heterocycles.